The second-order valence-electron chi connectivity index (χ2n) is 5.13. The molecule has 2 aromatic heterocycles. The number of hydrogen-bond donors (Lipinski definition) is 1. The summed E-state index contributed by atoms with van der Waals surface area (Å²) in [6.45, 7) is 5.82. The number of aromatic nitrogens is 4. The molecule has 0 bridgehead atoms. The van der Waals surface area contributed by atoms with Gasteiger partial charge in [-0.25, -0.2) is 0 Å². The predicted octanol–water partition coefficient (Wildman–Crippen LogP) is 5.07. The molecule has 1 aromatic carbocycles. The van der Waals surface area contributed by atoms with Crippen LogP contribution in [0.4, 0.5) is 5.95 Å². The summed E-state index contributed by atoms with van der Waals surface area (Å²) in [5.74, 6) is 0.347. The van der Waals surface area contributed by atoms with Gasteiger partial charge in [0.1, 0.15) is 0 Å². The molecule has 0 unspecified atom stereocenters. The second kappa shape index (κ2) is 10.00. The van der Waals surface area contributed by atoms with Crippen LogP contribution in [-0.2, 0) is 52.1 Å². The van der Waals surface area contributed by atoms with Crippen LogP contribution in [0.25, 0.3) is 34.0 Å². The number of halogens is 2. The molecule has 0 aliphatic heterocycles. The van der Waals surface area contributed by atoms with Crippen LogP contribution in [-0.4, -0.2) is 24.3 Å². The van der Waals surface area contributed by atoms with E-state index in [1.54, 1.807) is 10.5 Å². The van der Waals surface area contributed by atoms with Gasteiger partial charge in [-0.05, 0) is 0 Å². The third-order valence-electron chi connectivity index (χ3n) is 3.48. The normalized spacial score (nSPS) is 11.3. The number of H-pyrrole nitrogens is 1. The fourth-order valence-corrected chi connectivity index (χ4v) is 3.23. The van der Waals surface area contributed by atoms with E-state index in [1.165, 1.54) is 6.20 Å². The van der Waals surface area contributed by atoms with E-state index in [4.69, 9.17) is 35.5 Å². The number of rotatable bonds is 5. The van der Waals surface area contributed by atoms with Crippen molar-refractivity contribution in [3.63, 3.8) is 0 Å². The van der Waals surface area contributed by atoms with Crippen LogP contribution in [0.5, 0.6) is 0 Å². The molecule has 133 valence electrons. The maximum Gasteiger partial charge on any atom is 0 e. The first-order chi connectivity index (χ1) is 12.5. The molecule has 0 saturated heterocycles. The van der Waals surface area contributed by atoms with Crippen LogP contribution in [0.1, 0.15) is 5.82 Å². The van der Waals surface area contributed by atoms with Gasteiger partial charge in [0.15, 0.2) is 0 Å². The van der Waals surface area contributed by atoms with Gasteiger partial charge >= 0.3 is 172 Å². The van der Waals surface area contributed by atoms with Crippen molar-refractivity contribution in [1.29, 1.82) is 0 Å². The first-order valence-electron chi connectivity index (χ1n) is 7.35. The Morgan fingerprint density at radius 3 is 2.44 bits per heavy atom. The Hall–Kier alpha value is -0.968. The van der Waals surface area contributed by atoms with Gasteiger partial charge in [0.25, 0.3) is 0 Å². The maximum absolute atomic E-state index is 7.68. The summed E-state index contributed by atoms with van der Waals surface area (Å²) in [5.41, 5.74) is 10.8. The smallest absolute Gasteiger partial charge is 0 e. The summed E-state index contributed by atoms with van der Waals surface area (Å²) in [6, 6.07) is 11.3. The van der Waals surface area contributed by atoms with Crippen LogP contribution in [0.2, 0.25) is 0 Å². The molecule has 3 rings (SSSR count). The number of imidazole rings is 1. The monoisotopic (exact) mass is 640 g/mol. The minimum atomic E-state index is -0.0830. The average Bonchev–Trinajstić information content (AvgIpc) is 3.07. The molecule has 0 spiro atoms. The number of hydrogen-bond acceptors (Lipinski definition) is 3. The third-order valence-corrected chi connectivity index (χ3v) is 5.33. The van der Waals surface area contributed by atoms with E-state index in [-0.39, 0.29) is 43.7 Å². The van der Waals surface area contributed by atoms with Crippen LogP contribution >= 0.6 is 23.2 Å². The SMILES string of the molecule is [CH-]=C(Cl)/C(=C(/Cl)[CH]=[W])c1nc(-c2ccccc2)c(-c2ccnc([NH-])n2)[nH]1.[Y]. The minimum absolute atomic E-state index is 0. The van der Waals surface area contributed by atoms with Crippen molar-refractivity contribution in [3.8, 4) is 22.6 Å². The average molecular weight is 641 g/mol. The van der Waals surface area contributed by atoms with Crippen LogP contribution < -0.4 is 0 Å². The van der Waals surface area contributed by atoms with Crippen LogP contribution in [0.3, 0.4) is 0 Å². The summed E-state index contributed by atoms with van der Waals surface area (Å²) in [6.07, 6.45) is 1.52. The largest absolute Gasteiger partial charge is 0 e. The summed E-state index contributed by atoms with van der Waals surface area (Å²) in [7, 11) is 0. The third kappa shape index (κ3) is 5.10. The van der Waals surface area contributed by atoms with E-state index in [1.807, 2.05) is 30.3 Å². The molecule has 2 heterocycles. The Morgan fingerprint density at radius 2 is 1.85 bits per heavy atom. The molecule has 0 aliphatic rings. The molecule has 0 amide bonds. The summed E-state index contributed by atoms with van der Waals surface area (Å²) >= 11 is 13.5. The van der Waals surface area contributed by atoms with Crippen molar-refractivity contribution < 1.29 is 52.1 Å². The van der Waals surface area contributed by atoms with Crippen molar-refractivity contribution in [2.24, 2.45) is 0 Å². The quantitative estimate of drug-likeness (QED) is 0.313. The van der Waals surface area contributed by atoms with Crippen molar-refractivity contribution in [1.82, 2.24) is 19.9 Å². The van der Waals surface area contributed by atoms with E-state index in [0.29, 0.717) is 33.5 Å². The number of nitrogens with one attached hydrogen (secondary N) is 2. The number of allylic oxidation sites excluding steroid dienone is 3. The van der Waals surface area contributed by atoms with Gasteiger partial charge in [-0.3, -0.25) is 0 Å². The molecule has 0 atom stereocenters. The standard InChI is InChI=1S/C18H11Cl2N5.W.Y/c1-10(19)14(11(2)20)17-24-15(12-6-4-3-5-7-12)16(25-17)13-8-9-22-18(21)23-13;;/h1-9H,(H2-,21,22,23,24,25);;/q-2;;/b14-10-;;. The van der Waals surface area contributed by atoms with Gasteiger partial charge in [0.05, 0.1) is 0 Å². The number of benzene rings is 1. The number of aromatic amines is 1. The Morgan fingerprint density at radius 1 is 1.15 bits per heavy atom. The zero-order chi connectivity index (χ0) is 18.7. The van der Waals surface area contributed by atoms with E-state index in [0.717, 1.165) is 24.9 Å². The molecule has 0 fully saturated rings. The Labute approximate surface area is 202 Å². The fourth-order valence-electron chi connectivity index (χ4n) is 2.38. The van der Waals surface area contributed by atoms with Gasteiger partial charge < -0.3 is 0 Å². The van der Waals surface area contributed by atoms with Crippen molar-refractivity contribution in [3.05, 3.63) is 70.8 Å². The Balaban J connectivity index is 0.00000261. The predicted molar refractivity (Wildman–Crippen MR) is 102 cm³/mol. The van der Waals surface area contributed by atoms with Crippen LogP contribution in [0, 0.1) is 6.58 Å². The molecule has 0 saturated carbocycles. The Bertz CT molecular complexity index is 1020. The first-order valence-corrected chi connectivity index (χ1v) is 9.80. The topological polar surface area (TPSA) is 78.3 Å². The summed E-state index contributed by atoms with van der Waals surface area (Å²) in [5, 5.41) is 0.451. The van der Waals surface area contributed by atoms with Crippen molar-refractivity contribution in [2.75, 3.05) is 0 Å². The van der Waals surface area contributed by atoms with Gasteiger partial charge in [-0.2, -0.15) is 0 Å². The zero-order valence-corrected chi connectivity index (χ0v) is 21.1. The van der Waals surface area contributed by atoms with Gasteiger partial charge in [-0.15, -0.1) is 0 Å². The van der Waals surface area contributed by atoms with Gasteiger partial charge in [0, 0.05) is 32.7 Å². The molecular formula is C18H11Cl2N5WY-2. The number of nitrogens with zero attached hydrogens (tertiary/aromatic N) is 3. The zero-order valence-electron chi connectivity index (χ0n) is 13.8. The Kier molecular flexibility index (Phi) is 8.26. The molecule has 3 aromatic rings. The first kappa shape index (κ1) is 22.3. The van der Waals surface area contributed by atoms with E-state index in [9.17, 15) is 0 Å². The molecule has 0 aliphatic carbocycles. The van der Waals surface area contributed by atoms with E-state index < -0.39 is 0 Å². The minimum Gasteiger partial charge on any atom is 0 e. The molecule has 1 radical (unpaired) electrons. The summed E-state index contributed by atoms with van der Waals surface area (Å²) in [4.78, 5) is 15.9. The second-order valence-corrected chi connectivity index (χ2v) is 6.79. The van der Waals surface area contributed by atoms with Crippen LogP contribution in [0.15, 0.2) is 52.7 Å². The fraction of sp³-hybridized carbons (Fsp3) is 0. The van der Waals surface area contributed by atoms with E-state index >= 15 is 0 Å². The molecule has 9 heteroatoms. The maximum atomic E-state index is 7.68. The van der Waals surface area contributed by atoms with Gasteiger partial charge in [0.2, 0.25) is 0 Å². The molecular weight excluding hydrogens is 630 g/mol. The van der Waals surface area contributed by atoms with Gasteiger partial charge in [-0.1, -0.05) is 0 Å². The molecule has 5 nitrogen and oxygen atoms in total. The molecule has 2 N–H and O–H groups in total. The summed E-state index contributed by atoms with van der Waals surface area (Å²) < 4.78 is 1.77. The van der Waals surface area contributed by atoms with Crippen molar-refractivity contribution >= 4 is 39.1 Å². The van der Waals surface area contributed by atoms with E-state index in [2.05, 4.69) is 19.9 Å². The van der Waals surface area contributed by atoms with Crippen molar-refractivity contribution in [2.45, 2.75) is 0 Å². The molecule has 27 heavy (non-hydrogen) atoms.